The summed E-state index contributed by atoms with van der Waals surface area (Å²) in [7, 11) is 0. The van der Waals surface area contributed by atoms with Gasteiger partial charge in [-0.25, -0.2) is 9.59 Å². The monoisotopic (exact) mass is 1440 g/mol. The average molecular weight is 1440 g/mol. The minimum Gasteiger partial charge on any atom is -0.455 e. The summed E-state index contributed by atoms with van der Waals surface area (Å²) in [5, 5.41) is 39.8. The number of nitrogens with two attached hydrogens (primary N) is 2. The number of carbonyl (C=O) groups is 13. The zero-order chi connectivity index (χ0) is 75.3. The molecular weight excluding hydrogens is 1360 g/mol. The molecule has 0 radical (unpaired) electrons. The number of carbonyl (C=O) groups excluding carboxylic acids is 13. The number of unbranched alkanes of at least 4 members (excludes halogenated alkanes) is 1. The summed E-state index contributed by atoms with van der Waals surface area (Å²) in [6.07, 6.45) is -10.3. The number of Topliss-reactive ketones (excluding diaryl/α,β-unsaturated/α-hetero) is 1. The number of aliphatic hydroxyl groups is 2. The number of benzene rings is 4. The second-order valence-electron chi connectivity index (χ2n) is 26.8. The lowest BCUT2D eigenvalue weighted by Crippen LogP contribution is -2.82. The van der Waals surface area contributed by atoms with Crippen molar-refractivity contribution in [3.8, 4) is 0 Å². The summed E-state index contributed by atoms with van der Waals surface area (Å²) < 4.78 is 37.0. The van der Waals surface area contributed by atoms with Gasteiger partial charge in [-0.3, -0.25) is 52.7 Å². The molecule has 4 aromatic carbocycles. The molecular formula is C74H86ClN7O21. The van der Waals surface area contributed by atoms with Crippen LogP contribution in [0.2, 0.25) is 5.02 Å². The molecule has 2 bridgehead atoms. The van der Waals surface area contributed by atoms with E-state index in [1.165, 1.54) is 83.2 Å². The largest absolute Gasteiger partial charge is 0.455 e. The zero-order valence-electron chi connectivity index (χ0n) is 57.9. The lowest BCUT2D eigenvalue weighted by molar-refractivity contribution is -0.346. The molecule has 103 heavy (non-hydrogen) atoms. The van der Waals surface area contributed by atoms with Crippen molar-refractivity contribution in [2.75, 3.05) is 13.2 Å². The molecule has 550 valence electrons. The summed E-state index contributed by atoms with van der Waals surface area (Å²) >= 11 is 5.90. The van der Waals surface area contributed by atoms with Gasteiger partial charge in [-0.05, 0) is 111 Å². The van der Waals surface area contributed by atoms with E-state index in [1.807, 2.05) is 0 Å². The number of primary amides is 2. The van der Waals surface area contributed by atoms with E-state index in [0.29, 0.717) is 10.6 Å². The molecule has 0 unspecified atom stereocenters. The lowest BCUT2D eigenvalue weighted by atomic mass is 9.44. The van der Waals surface area contributed by atoms with Crippen molar-refractivity contribution in [3.05, 3.63) is 160 Å². The van der Waals surface area contributed by atoms with Gasteiger partial charge in [-0.1, -0.05) is 104 Å². The first-order valence-corrected chi connectivity index (χ1v) is 34.0. The summed E-state index contributed by atoms with van der Waals surface area (Å²) in [6.45, 7) is 8.90. The van der Waals surface area contributed by atoms with Gasteiger partial charge in [0.15, 0.2) is 17.5 Å². The number of fused-ring (bicyclic) bond motifs is 5. The molecule has 0 aromatic heterocycles. The Morgan fingerprint density at radius 2 is 1.33 bits per heavy atom. The molecule has 7 amide bonds. The standard InChI is InChI=1S/C74H86ClN7O21/c1-40-51(38-74(97)64(102-69(95)47-23-15-10-16-24-47)62-72(7,52(85)37-53-73(62,39-98-53)103-43(4)84)63(90)60(99-42(3)83)58(40)71(74,5)6)100-70(96)61(59(45-19-11-8-12-20-45)82-68(94)46-21-13-9-14-22-46)101-57(89)35-34-54(86)78-36-18-17-25-49(65(76)91)80-56(88)33-31-50(66(77)92)81-67(93)41(2)79-55(87)32-28-44-26-29-48(75)30-27-44/h8-16,19-24,26-30,32,41,49-53,59-62,64,85,97H,17-18,25,31,33-39H2,1-7H3,(H2,76,91)(H2,77,92)(H,78,86)(H,79,87)(H,80,88)(H,81,93)(H,82,94)/b32-28+/t41-,49-,50+,51-,52-,53+,59+,60+,61+,62-,64-,72+,73-,74+/m0/s1. The van der Waals surface area contributed by atoms with Crippen molar-refractivity contribution in [1.82, 2.24) is 26.6 Å². The van der Waals surface area contributed by atoms with Gasteiger partial charge >= 0.3 is 29.8 Å². The number of nitrogens with one attached hydrogen (secondary N) is 5. The molecule has 29 heteroatoms. The molecule has 3 aliphatic carbocycles. The third-order valence-electron chi connectivity index (χ3n) is 19.6. The van der Waals surface area contributed by atoms with Gasteiger partial charge < -0.3 is 76.7 Å². The number of rotatable bonds is 30. The van der Waals surface area contributed by atoms with Crippen molar-refractivity contribution in [2.24, 2.45) is 28.2 Å². The van der Waals surface area contributed by atoms with Crippen LogP contribution in [0.25, 0.3) is 6.08 Å². The van der Waals surface area contributed by atoms with Crippen LogP contribution in [0.5, 0.6) is 0 Å². The Morgan fingerprint density at radius 3 is 1.92 bits per heavy atom. The van der Waals surface area contributed by atoms with Crippen molar-refractivity contribution in [3.63, 3.8) is 0 Å². The zero-order valence-corrected chi connectivity index (χ0v) is 58.7. The molecule has 1 heterocycles. The number of ketones is 1. The van der Waals surface area contributed by atoms with Crippen LogP contribution in [0.3, 0.4) is 0 Å². The summed E-state index contributed by atoms with van der Waals surface area (Å²) in [5.41, 5.74) is 3.57. The maximum atomic E-state index is 15.9. The second kappa shape index (κ2) is 33.8. The maximum absolute atomic E-state index is 15.9. The maximum Gasteiger partial charge on any atom is 0.350 e. The van der Waals surface area contributed by atoms with Crippen LogP contribution in [-0.2, 0) is 81.2 Å². The Labute approximate surface area is 599 Å². The molecule has 14 atom stereocenters. The highest BCUT2D eigenvalue weighted by Gasteiger charge is 2.78. The lowest BCUT2D eigenvalue weighted by Gasteiger charge is -2.67. The third kappa shape index (κ3) is 18.2. The van der Waals surface area contributed by atoms with Crippen molar-refractivity contribution in [1.29, 1.82) is 0 Å². The molecule has 28 nitrogen and oxygen atoms in total. The van der Waals surface area contributed by atoms with Crippen LogP contribution in [0.4, 0.5) is 0 Å². The van der Waals surface area contributed by atoms with Gasteiger partial charge in [0, 0.05) is 68.2 Å². The predicted molar refractivity (Wildman–Crippen MR) is 367 cm³/mol. The Kier molecular flexibility index (Phi) is 25.7. The predicted octanol–water partition coefficient (Wildman–Crippen LogP) is 3.95. The van der Waals surface area contributed by atoms with E-state index >= 15 is 9.59 Å². The molecule has 4 aromatic rings. The Hall–Kier alpha value is -10.2. The SMILES string of the molecule is CC(=O)O[C@H]1C(=O)[C@@]2(C)[C@H]([C@H](OC(=O)c3ccccc3)[C@]3(O)C[C@H](OC(=O)[C@H](OC(=O)CCC(=O)NCCCC[C@H](NC(=O)CC[C@@H](NC(=O)[C@H](C)NC(=O)/C=C/c4ccc(Cl)cc4)C(N)=O)C(N)=O)[C@H](NC(=O)c4ccccc4)c4ccccc4)C(C)=C1C3(C)C)[C@]1(OC(C)=O)CO[C@@H]1C[C@@H]2O. The summed E-state index contributed by atoms with van der Waals surface area (Å²) in [4.78, 5) is 178. The average Bonchev–Trinajstić information content (AvgIpc) is 0.669. The number of halogens is 1. The number of amides is 7. The fourth-order valence-electron chi connectivity index (χ4n) is 14.0. The quantitative estimate of drug-likeness (QED) is 0.0117. The van der Waals surface area contributed by atoms with Crippen LogP contribution in [0, 0.1) is 16.7 Å². The van der Waals surface area contributed by atoms with Gasteiger partial charge in [0.1, 0.15) is 48.1 Å². The van der Waals surface area contributed by atoms with Gasteiger partial charge in [-0.2, -0.15) is 0 Å². The van der Waals surface area contributed by atoms with E-state index in [1.54, 1.807) is 78.9 Å². The molecule has 1 saturated heterocycles. The smallest absolute Gasteiger partial charge is 0.350 e. The van der Waals surface area contributed by atoms with Crippen LogP contribution in [-0.4, -0.2) is 166 Å². The molecule has 2 saturated carbocycles. The number of hydrogen-bond donors (Lipinski definition) is 9. The Morgan fingerprint density at radius 1 is 0.718 bits per heavy atom. The third-order valence-corrected chi connectivity index (χ3v) is 19.8. The highest BCUT2D eigenvalue weighted by molar-refractivity contribution is 6.30. The van der Waals surface area contributed by atoms with Crippen LogP contribution >= 0.6 is 11.6 Å². The molecule has 1 aliphatic heterocycles. The molecule has 11 N–H and O–H groups in total. The Bertz CT molecular complexity index is 3930. The first-order chi connectivity index (χ1) is 48.7. The minimum absolute atomic E-state index is 0.00224. The normalized spacial score (nSPS) is 24.5. The van der Waals surface area contributed by atoms with Crippen LogP contribution in [0.1, 0.15) is 144 Å². The first-order valence-electron chi connectivity index (χ1n) is 33.6. The van der Waals surface area contributed by atoms with Crippen LogP contribution < -0.4 is 38.1 Å². The number of esters is 5. The van der Waals surface area contributed by atoms with Crippen LogP contribution in [0.15, 0.2) is 132 Å². The highest BCUT2D eigenvalue weighted by atomic mass is 35.5. The van der Waals surface area contributed by atoms with E-state index in [-0.39, 0.29) is 72.9 Å². The topological polar surface area (TPSA) is 430 Å². The van der Waals surface area contributed by atoms with E-state index in [4.69, 9.17) is 51.5 Å². The first kappa shape index (κ1) is 78.6. The molecule has 0 spiro atoms. The summed E-state index contributed by atoms with van der Waals surface area (Å²) in [5.74, 6) is -13.4. The molecule has 8 rings (SSSR count). The number of ether oxygens (including phenoxy) is 6. The minimum atomic E-state index is -2.57. The number of aliphatic hydroxyl groups excluding tert-OH is 1. The van der Waals surface area contributed by atoms with Gasteiger partial charge in [0.05, 0.1) is 36.0 Å². The highest BCUT2D eigenvalue weighted by Crippen LogP contribution is 2.64. The van der Waals surface area contributed by atoms with Gasteiger partial charge in [0.25, 0.3) is 5.91 Å². The van der Waals surface area contributed by atoms with Crippen molar-refractivity contribution < 1.29 is 101 Å². The van der Waals surface area contributed by atoms with E-state index in [0.717, 1.165) is 13.8 Å². The summed E-state index contributed by atoms with van der Waals surface area (Å²) in [6, 6.07) is 24.7. The Balaban J connectivity index is 0.982. The van der Waals surface area contributed by atoms with Gasteiger partial charge in [0.2, 0.25) is 41.5 Å². The van der Waals surface area contributed by atoms with E-state index < -0.39 is 192 Å². The number of hydrogen-bond acceptors (Lipinski definition) is 21. The van der Waals surface area contributed by atoms with Crippen molar-refractivity contribution in [2.45, 2.75) is 178 Å². The second-order valence-corrected chi connectivity index (χ2v) is 27.2. The van der Waals surface area contributed by atoms with Gasteiger partial charge in [-0.15, -0.1) is 0 Å². The molecule has 3 fully saturated rings. The van der Waals surface area contributed by atoms with E-state index in [9.17, 15) is 63.0 Å². The van der Waals surface area contributed by atoms with E-state index in [2.05, 4.69) is 26.6 Å². The molecule has 4 aliphatic rings. The fourth-order valence-corrected chi connectivity index (χ4v) is 14.1. The fraction of sp³-hybridized carbons (Fsp3) is 0.446. The van der Waals surface area contributed by atoms with Crippen molar-refractivity contribution >= 4 is 94.7 Å².